The van der Waals surface area contributed by atoms with Crippen molar-refractivity contribution in [3.8, 4) is 0 Å². The van der Waals surface area contributed by atoms with Gasteiger partial charge in [0.2, 0.25) is 5.95 Å². The summed E-state index contributed by atoms with van der Waals surface area (Å²) < 4.78 is 0. The first-order valence-electron chi connectivity index (χ1n) is 7.60. The molecule has 2 rings (SSSR count). The molecule has 0 aliphatic rings. The fourth-order valence-electron chi connectivity index (χ4n) is 2.01. The van der Waals surface area contributed by atoms with Crippen molar-refractivity contribution in [2.24, 2.45) is 0 Å². The SMILES string of the molecule is CN(CCc1ccncc1)C(=O)c1cnc(NC(C)(C)C)nc1. The number of carbonyl (C=O) groups is 1. The Morgan fingerprint density at radius 3 is 2.35 bits per heavy atom. The molecule has 0 spiro atoms. The van der Waals surface area contributed by atoms with Crippen LogP contribution in [0.15, 0.2) is 36.9 Å². The molecule has 2 aromatic rings. The lowest BCUT2D eigenvalue weighted by Gasteiger charge is -2.20. The number of hydrogen-bond acceptors (Lipinski definition) is 5. The van der Waals surface area contributed by atoms with Crippen LogP contribution in [0.2, 0.25) is 0 Å². The first-order valence-corrected chi connectivity index (χ1v) is 7.60. The van der Waals surface area contributed by atoms with E-state index in [4.69, 9.17) is 0 Å². The van der Waals surface area contributed by atoms with Crippen molar-refractivity contribution in [1.82, 2.24) is 19.9 Å². The summed E-state index contributed by atoms with van der Waals surface area (Å²) >= 11 is 0. The maximum atomic E-state index is 12.4. The van der Waals surface area contributed by atoms with E-state index in [1.165, 1.54) is 0 Å². The van der Waals surface area contributed by atoms with Gasteiger partial charge in [0.15, 0.2) is 0 Å². The van der Waals surface area contributed by atoms with E-state index >= 15 is 0 Å². The second-order valence-electron chi connectivity index (χ2n) is 6.50. The third-order valence-corrected chi connectivity index (χ3v) is 3.22. The van der Waals surface area contributed by atoms with Gasteiger partial charge in [0.25, 0.3) is 5.91 Å². The number of rotatable bonds is 5. The van der Waals surface area contributed by atoms with Crippen molar-refractivity contribution >= 4 is 11.9 Å². The average Bonchev–Trinajstić information content (AvgIpc) is 2.52. The highest BCUT2D eigenvalue weighted by molar-refractivity contribution is 5.93. The normalized spacial score (nSPS) is 11.1. The minimum absolute atomic E-state index is 0.0821. The molecule has 1 amide bonds. The van der Waals surface area contributed by atoms with Crippen molar-refractivity contribution in [3.63, 3.8) is 0 Å². The number of aromatic nitrogens is 3. The van der Waals surface area contributed by atoms with Gasteiger partial charge in [0.05, 0.1) is 5.56 Å². The minimum Gasteiger partial charge on any atom is -0.350 e. The van der Waals surface area contributed by atoms with Gasteiger partial charge in [-0.3, -0.25) is 9.78 Å². The second kappa shape index (κ2) is 7.17. The molecule has 0 aliphatic heterocycles. The van der Waals surface area contributed by atoms with Crippen LogP contribution in [0.5, 0.6) is 0 Å². The quantitative estimate of drug-likeness (QED) is 0.918. The van der Waals surface area contributed by atoms with E-state index in [1.54, 1.807) is 36.7 Å². The Balaban J connectivity index is 1.94. The third-order valence-electron chi connectivity index (χ3n) is 3.22. The predicted octanol–water partition coefficient (Wildman–Crippen LogP) is 2.40. The van der Waals surface area contributed by atoms with Gasteiger partial charge >= 0.3 is 0 Å². The number of carbonyl (C=O) groups excluding carboxylic acids is 1. The Morgan fingerprint density at radius 1 is 1.17 bits per heavy atom. The lowest BCUT2D eigenvalue weighted by Crippen LogP contribution is -2.30. The summed E-state index contributed by atoms with van der Waals surface area (Å²) in [5, 5.41) is 3.17. The number of likely N-dealkylation sites (N-methyl/N-ethyl adjacent to an activating group) is 1. The molecule has 122 valence electrons. The summed E-state index contributed by atoms with van der Waals surface area (Å²) in [6, 6.07) is 3.91. The van der Waals surface area contributed by atoms with Crippen LogP contribution in [-0.4, -0.2) is 44.9 Å². The van der Waals surface area contributed by atoms with Crippen LogP contribution in [0.4, 0.5) is 5.95 Å². The topological polar surface area (TPSA) is 71.0 Å². The van der Waals surface area contributed by atoms with Crippen molar-refractivity contribution < 1.29 is 4.79 Å². The van der Waals surface area contributed by atoms with Crippen molar-refractivity contribution in [1.29, 1.82) is 0 Å². The Labute approximate surface area is 137 Å². The van der Waals surface area contributed by atoms with E-state index < -0.39 is 0 Å². The van der Waals surface area contributed by atoms with Gasteiger partial charge in [-0.25, -0.2) is 9.97 Å². The Morgan fingerprint density at radius 2 is 1.78 bits per heavy atom. The zero-order chi connectivity index (χ0) is 16.9. The lowest BCUT2D eigenvalue weighted by atomic mass is 10.1. The number of nitrogens with zero attached hydrogens (tertiary/aromatic N) is 4. The number of hydrogen-bond donors (Lipinski definition) is 1. The molecule has 0 bridgehead atoms. The van der Waals surface area contributed by atoms with Gasteiger partial charge in [0, 0.05) is 43.9 Å². The van der Waals surface area contributed by atoms with E-state index in [-0.39, 0.29) is 11.4 Å². The molecule has 0 saturated heterocycles. The van der Waals surface area contributed by atoms with Gasteiger partial charge in [-0.05, 0) is 44.9 Å². The molecule has 0 radical (unpaired) electrons. The first kappa shape index (κ1) is 16.9. The molecule has 0 aromatic carbocycles. The van der Waals surface area contributed by atoms with Crippen LogP contribution in [0.1, 0.15) is 36.7 Å². The molecule has 0 aliphatic carbocycles. The molecule has 2 heterocycles. The third kappa shape index (κ3) is 5.32. The summed E-state index contributed by atoms with van der Waals surface area (Å²) in [6.07, 6.45) is 7.42. The molecule has 0 fully saturated rings. The molecule has 0 unspecified atom stereocenters. The highest BCUT2D eigenvalue weighted by atomic mass is 16.2. The molecule has 6 heteroatoms. The van der Waals surface area contributed by atoms with E-state index in [0.717, 1.165) is 12.0 Å². The molecule has 6 nitrogen and oxygen atoms in total. The number of nitrogens with one attached hydrogen (secondary N) is 1. The van der Waals surface area contributed by atoms with Crippen LogP contribution in [0.3, 0.4) is 0 Å². The van der Waals surface area contributed by atoms with Gasteiger partial charge in [-0.15, -0.1) is 0 Å². The van der Waals surface area contributed by atoms with Crippen molar-refractivity contribution in [2.45, 2.75) is 32.7 Å². The van der Waals surface area contributed by atoms with Gasteiger partial charge in [0.1, 0.15) is 0 Å². The highest BCUT2D eigenvalue weighted by Crippen LogP contribution is 2.10. The van der Waals surface area contributed by atoms with Gasteiger partial charge in [-0.2, -0.15) is 0 Å². The van der Waals surface area contributed by atoms with Crippen LogP contribution in [-0.2, 0) is 6.42 Å². The summed E-state index contributed by atoms with van der Waals surface area (Å²) in [6.45, 7) is 6.72. The molecule has 2 aromatic heterocycles. The van der Waals surface area contributed by atoms with Crippen molar-refractivity contribution in [3.05, 3.63) is 48.0 Å². The molecule has 1 N–H and O–H groups in total. The lowest BCUT2D eigenvalue weighted by molar-refractivity contribution is 0.0796. The predicted molar refractivity (Wildman–Crippen MR) is 90.3 cm³/mol. The standard InChI is InChI=1S/C17H23N5O/c1-17(2,3)21-16-19-11-14(12-20-16)15(23)22(4)10-7-13-5-8-18-9-6-13/h5-6,8-9,11-12H,7,10H2,1-4H3,(H,19,20,21). The van der Waals surface area contributed by atoms with Gasteiger partial charge < -0.3 is 10.2 Å². The molecule has 0 saturated carbocycles. The van der Waals surface area contributed by atoms with E-state index in [2.05, 4.69) is 20.3 Å². The minimum atomic E-state index is -0.118. The van der Waals surface area contributed by atoms with Crippen LogP contribution in [0.25, 0.3) is 0 Å². The maximum absolute atomic E-state index is 12.4. The Kier molecular flexibility index (Phi) is 5.26. The number of amides is 1. The van der Waals surface area contributed by atoms with Crippen LogP contribution in [0, 0.1) is 0 Å². The average molecular weight is 313 g/mol. The Bertz CT molecular complexity index is 634. The van der Waals surface area contributed by atoms with Crippen LogP contribution >= 0.6 is 0 Å². The summed E-state index contributed by atoms with van der Waals surface area (Å²) in [5.74, 6) is 0.440. The van der Waals surface area contributed by atoms with Crippen LogP contribution < -0.4 is 5.32 Å². The second-order valence-corrected chi connectivity index (χ2v) is 6.50. The fourth-order valence-corrected chi connectivity index (χ4v) is 2.01. The summed E-state index contributed by atoms with van der Waals surface area (Å²) in [4.78, 5) is 26.5. The smallest absolute Gasteiger partial charge is 0.256 e. The number of pyridine rings is 1. The summed E-state index contributed by atoms with van der Waals surface area (Å²) in [7, 11) is 1.78. The monoisotopic (exact) mass is 313 g/mol. The fraction of sp³-hybridized carbons (Fsp3) is 0.412. The molecular formula is C17H23N5O. The molecule has 23 heavy (non-hydrogen) atoms. The van der Waals surface area contributed by atoms with Crippen molar-refractivity contribution in [2.75, 3.05) is 18.9 Å². The number of anilines is 1. The van der Waals surface area contributed by atoms with Gasteiger partial charge in [-0.1, -0.05) is 0 Å². The molecule has 0 atom stereocenters. The zero-order valence-corrected chi connectivity index (χ0v) is 14.1. The largest absolute Gasteiger partial charge is 0.350 e. The first-order chi connectivity index (χ1) is 10.8. The van der Waals surface area contributed by atoms with E-state index in [9.17, 15) is 4.79 Å². The highest BCUT2D eigenvalue weighted by Gasteiger charge is 2.15. The van der Waals surface area contributed by atoms with E-state index in [1.807, 2.05) is 32.9 Å². The summed E-state index contributed by atoms with van der Waals surface area (Å²) in [5.41, 5.74) is 1.52. The van der Waals surface area contributed by atoms with E-state index in [0.29, 0.717) is 18.1 Å². The zero-order valence-electron chi connectivity index (χ0n) is 14.1. The maximum Gasteiger partial charge on any atom is 0.256 e. The Hall–Kier alpha value is -2.50. The molecular weight excluding hydrogens is 290 g/mol.